The Morgan fingerprint density at radius 3 is 2.61 bits per heavy atom. The fourth-order valence-corrected chi connectivity index (χ4v) is 2.77. The second-order valence-electron chi connectivity index (χ2n) is 6.52. The topological polar surface area (TPSA) is 68.9 Å². The summed E-state index contributed by atoms with van der Waals surface area (Å²) in [5, 5.41) is 6.87. The minimum atomic E-state index is -0.281. The zero-order valence-corrected chi connectivity index (χ0v) is 13.7. The quantitative estimate of drug-likeness (QED) is 0.906. The fraction of sp³-hybridized carbons (Fsp3) is 0.471. The molecule has 1 amide bonds. The number of amides is 1. The Bertz CT molecular complexity index is 758. The van der Waals surface area contributed by atoms with Gasteiger partial charge in [-0.3, -0.25) is 9.36 Å². The van der Waals surface area contributed by atoms with E-state index >= 15 is 0 Å². The van der Waals surface area contributed by atoms with Gasteiger partial charge < -0.3 is 5.32 Å². The zero-order valence-electron chi connectivity index (χ0n) is 13.7. The number of aromatic nitrogens is 3. The van der Waals surface area contributed by atoms with Crippen LogP contribution in [0.25, 0.3) is 0 Å². The maximum atomic E-state index is 12.0. The van der Waals surface area contributed by atoms with Crippen LogP contribution in [0.4, 0.5) is 0 Å². The molecule has 0 aliphatic heterocycles. The number of rotatable bonds is 5. The van der Waals surface area contributed by atoms with Gasteiger partial charge in [-0.1, -0.05) is 38.1 Å². The average Bonchev–Trinajstić information content (AvgIpc) is 3.22. The molecule has 0 saturated heterocycles. The molecule has 3 rings (SSSR count). The van der Waals surface area contributed by atoms with Gasteiger partial charge in [0.2, 0.25) is 5.91 Å². The van der Waals surface area contributed by atoms with Gasteiger partial charge >= 0.3 is 5.69 Å². The maximum Gasteiger partial charge on any atom is 0.345 e. The van der Waals surface area contributed by atoms with Gasteiger partial charge in [-0.25, -0.2) is 9.48 Å². The Morgan fingerprint density at radius 2 is 2.04 bits per heavy atom. The first kappa shape index (κ1) is 15.5. The molecule has 1 fully saturated rings. The van der Waals surface area contributed by atoms with E-state index in [1.54, 1.807) is 7.05 Å². The predicted octanol–water partition coefficient (Wildman–Crippen LogP) is 1.38. The van der Waals surface area contributed by atoms with E-state index in [9.17, 15) is 9.59 Å². The van der Waals surface area contributed by atoms with Crippen molar-refractivity contribution in [1.82, 2.24) is 19.7 Å². The van der Waals surface area contributed by atoms with Gasteiger partial charge in [-0.15, -0.1) is 0 Å². The molecular formula is C17H22N4O2. The number of carbonyl (C=O) groups is 1. The Hall–Kier alpha value is -2.37. The van der Waals surface area contributed by atoms with E-state index in [0.29, 0.717) is 11.8 Å². The molecule has 2 atom stereocenters. The first-order valence-electron chi connectivity index (χ1n) is 7.93. The van der Waals surface area contributed by atoms with Crippen LogP contribution in [0.3, 0.4) is 0 Å². The second-order valence-corrected chi connectivity index (χ2v) is 6.52. The Balaban J connectivity index is 1.55. The molecule has 1 heterocycles. The average molecular weight is 314 g/mol. The van der Waals surface area contributed by atoms with Gasteiger partial charge in [0.1, 0.15) is 12.9 Å². The smallest absolute Gasteiger partial charge is 0.345 e. The normalized spacial score (nSPS) is 19.8. The monoisotopic (exact) mass is 314 g/mol. The molecule has 0 radical (unpaired) electrons. The minimum absolute atomic E-state index is 0.0326. The lowest BCUT2D eigenvalue weighted by Crippen LogP contribution is -2.34. The number of benzene rings is 1. The van der Waals surface area contributed by atoms with E-state index < -0.39 is 0 Å². The lowest BCUT2D eigenvalue weighted by molar-refractivity contribution is -0.122. The van der Waals surface area contributed by atoms with E-state index in [1.165, 1.54) is 26.7 Å². The van der Waals surface area contributed by atoms with Crippen molar-refractivity contribution in [2.45, 2.75) is 44.7 Å². The Morgan fingerprint density at radius 1 is 1.35 bits per heavy atom. The lowest BCUT2D eigenvalue weighted by atomic mass is 10.0. The van der Waals surface area contributed by atoms with E-state index in [4.69, 9.17) is 0 Å². The summed E-state index contributed by atoms with van der Waals surface area (Å²) in [6, 6.07) is 8.77. The Labute approximate surface area is 135 Å². The summed E-state index contributed by atoms with van der Waals surface area (Å²) >= 11 is 0. The van der Waals surface area contributed by atoms with Crippen molar-refractivity contribution in [1.29, 1.82) is 0 Å². The van der Waals surface area contributed by atoms with Crippen molar-refractivity contribution < 1.29 is 4.79 Å². The van der Waals surface area contributed by atoms with E-state index in [1.807, 2.05) is 0 Å². The van der Waals surface area contributed by atoms with Gasteiger partial charge in [0.25, 0.3) is 0 Å². The summed E-state index contributed by atoms with van der Waals surface area (Å²) in [5.41, 5.74) is 2.30. The number of carbonyl (C=O) groups excluding carboxylic acids is 1. The summed E-state index contributed by atoms with van der Waals surface area (Å²) in [4.78, 5) is 23.7. The molecule has 1 saturated carbocycles. The molecular weight excluding hydrogens is 292 g/mol. The Kier molecular flexibility index (Phi) is 4.07. The summed E-state index contributed by atoms with van der Waals surface area (Å²) in [5.74, 6) is 0.730. The van der Waals surface area contributed by atoms with Crippen molar-refractivity contribution in [2.75, 3.05) is 0 Å². The highest BCUT2D eigenvalue weighted by atomic mass is 16.2. The molecule has 1 aliphatic rings. The molecule has 122 valence electrons. The van der Waals surface area contributed by atoms with Crippen LogP contribution in [0, 0.1) is 0 Å². The minimum Gasteiger partial charge on any atom is -0.351 e. The van der Waals surface area contributed by atoms with Gasteiger partial charge in [0.15, 0.2) is 0 Å². The number of hydrogen-bond acceptors (Lipinski definition) is 3. The standard InChI is InChI=1S/C17H22N4O2/c1-11(2)12-4-6-13(7-5-12)14-8-15(14)19-16(22)9-21-17(23)20(3)10-18-21/h4-7,10-11,14-15H,8-9H2,1-3H3,(H,19,22)/t14-,15+/m0/s1. The molecule has 1 N–H and O–H groups in total. The first-order valence-corrected chi connectivity index (χ1v) is 7.93. The molecule has 0 bridgehead atoms. The molecule has 1 aromatic heterocycles. The third kappa shape index (κ3) is 3.36. The molecule has 6 nitrogen and oxygen atoms in total. The molecule has 23 heavy (non-hydrogen) atoms. The molecule has 1 aromatic carbocycles. The third-order valence-electron chi connectivity index (χ3n) is 4.35. The highest BCUT2D eigenvalue weighted by molar-refractivity contribution is 5.76. The summed E-state index contributed by atoms with van der Waals surface area (Å²) < 4.78 is 2.52. The molecule has 1 aliphatic carbocycles. The van der Waals surface area contributed by atoms with Gasteiger partial charge in [-0.05, 0) is 23.5 Å². The van der Waals surface area contributed by atoms with Crippen LogP contribution in [0.5, 0.6) is 0 Å². The fourth-order valence-electron chi connectivity index (χ4n) is 2.77. The zero-order chi connectivity index (χ0) is 16.6. The largest absolute Gasteiger partial charge is 0.351 e. The van der Waals surface area contributed by atoms with Crippen LogP contribution in [-0.2, 0) is 18.4 Å². The molecule has 0 unspecified atom stereocenters. The first-order chi connectivity index (χ1) is 11.0. The molecule has 0 spiro atoms. The summed E-state index contributed by atoms with van der Waals surface area (Å²) in [6.45, 7) is 4.32. The SMILES string of the molecule is CC(C)c1ccc([C@@H]2C[C@H]2NC(=O)Cn2ncn(C)c2=O)cc1. The lowest BCUT2D eigenvalue weighted by Gasteiger charge is -2.07. The maximum absolute atomic E-state index is 12.0. The summed E-state index contributed by atoms with van der Waals surface area (Å²) in [7, 11) is 1.61. The van der Waals surface area contributed by atoms with Crippen molar-refractivity contribution in [2.24, 2.45) is 7.05 Å². The number of hydrogen-bond donors (Lipinski definition) is 1. The predicted molar refractivity (Wildman–Crippen MR) is 87.3 cm³/mol. The summed E-state index contributed by atoms with van der Waals surface area (Å²) in [6.07, 6.45) is 2.36. The molecule has 6 heteroatoms. The third-order valence-corrected chi connectivity index (χ3v) is 4.35. The highest BCUT2D eigenvalue weighted by Crippen LogP contribution is 2.41. The van der Waals surface area contributed by atoms with Crippen molar-refractivity contribution in [3.05, 3.63) is 52.2 Å². The van der Waals surface area contributed by atoms with Crippen molar-refractivity contribution >= 4 is 5.91 Å². The number of nitrogens with one attached hydrogen (secondary N) is 1. The van der Waals surface area contributed by atoms with Gasteiger partial charge in [-0.2, -0.15) is 5.10 Å². The second kappa shape index (κ2) is 6.02. The van der Waals surface area contributed by atoms with Gasteiger partial charge in [0, 0.05) is 19.0 Å². The van der Waals surface area contributed by atoms with Crippen LogP contribution in [0.1, 0.15) is 43.2 Å². The van der Waals surface area contributed by atoms with E-state index in [2.05, 4.69) is 48.5 Å². The van der Waals surface area contributed by atoms with Crippen LogP contribution in [0.15, 0.2) is 35.4 Å². The number of aryl methyl sites for hydroxylation is 1. The van der Waals surface area contributed by atoms with Crippen molar-refractivity contribution in [3.8, 4) is 0 Å². The number of nitrogens with zero attached hydrogens (tertiary/aromatic N) is 3. The van der Waals surface area contributed by atoms with Crippen molar-refractivity contribution in [3.63, 3.8) is 0 Å². The van der Waals surface area contributed by atoms with Crippen LogP contribution in [0.2, 0.25) is 0 Å². The van der Waals surface area contributed by atoms with Crippen LogP contribution < -0.4 is 11.0 Å². The molecule has 2 aromatic rings. The van der Waals surface area contributed by atoms with E-state index in [0.717, 1.165) is 6.42 Å². The van der Waals surface area contributed by atoms with E-state index in [-0.39, 0.29) is 24.2 Å². The highest BCUT2D eigenvalue weighted by Gasteiger charge is 2.39. The van der Waals surface area contributed by atoms with Crippen LogP contribution in [-0.4, -0.2) is 26.3 Å². The van der Waals surface area contributed by atoms with Gasteiger partial charge in [0.05, 0.1) is 0 Å². The van der Waals surface area contributed by atoms with Crippen LogP contribution >= 0.6 is 0 Å².